The van der Waals surface area contributed by atoms with Crippen molar-refractivity contribution in [3.05, 3.63) is 77.1 Å². The third-order valence-corrected chi connectivity index (χ3v) is 3.96. The zero-order valence-electron chi connectivity index (χ0n) is 13.0. The molecule has 2 aromatic heterocycles. The highest BCUT2D eigenvalue weighted by Crippen LogP contribution is 2.19. The molecule has 2 heterocycles. The van der Waals surface area contributed by atoms with Crippen LogP contribution in [0.1, 0.15) is 5.56 Å². The highest BCUT2D eigenvalue weighted by atomic mass is 35.5. The van der Waals surface area contributed by atoms with E-state index >= 15 is 0 Å². The summed E-state index contributed by atoms with van der Waals surface area (Å²) in [5.41, 5.74) is 2.41. The number of hydrogen-bond acceptors (Lipinski definition) is 4. The Morgan fingerprint density at radius 3 is 2.64 bits per heavy atom. The third kappa shape index (κ3) is 3.29. The van der Waals surface area contributed by atoms with Crippen LogP contribution in [0.3, 0.4) is 0 Å². The quantitative estimate of drug-likeness (QED) is 0.597. The molecule has 0 spiro atoms. The fourth-order valence-corrected chi connectivity index (χ4v) is 2.71. The highest BCUT2D eigenvalue weighted by molar-refractivity contribution is 6.30. The third-order valence-electron chi connectivity index (χ3n) is 3.73. The molecule has 0 saturated heterocycles. The van der Waals surface area contributed by atoms with Gasteiger partial charge in [0, 0.05) is 17.1 Å². The molecule has 4 aromatic rings. The minimum atomic E-state index is -0.297. The number of fused-ring (bicyclic) bond motifs is 1. The Labute approximate surface area is 148 Å². The number of rotatable bonds is 4. The van der Waals surface area contributed by atoms with Gasteiger partial charge in [0.2, 0.25) is 0 Å². The maximum Gasteiger partial charge on any atom is 0.185 e. The molecule has 0 fully saturated rings. The molecule has 7 heteroatoms. The number of aromatic nitrogens is 4. The van der Waals surface area contributed by atoms with Crippen LogP contribution in [-0.4, -0.2) is 19.8 Å². The van der Waals surface area contributed by atoms with Crippen molar-refractivity contribution in [2.75, 3.05) is 5.32 Å². The molecule has 124 valence electrons. The van der Waals surface area contributed by atoms with Crippen molar-refractivity contribution < 1.29 is 4.39 Å². The normalized spacial score (nSPS) is 11.0. The molecule has 0 saturated carbocycles. The Balaban J connectivity index is 1.63. The number of halogens is 2. The van der Waals surface area contributed by atoms with Gasteiger partial charge in [-0.3, -0.25) is 0 Å². The van der Waals surface area contributed by atoms with Crippen LogP contribution in [0.2, 0.25) is 5.02 Å². The summed E-state index contributed by atoms with van der Waals surface area (Å²) in [5.74, 6) is 0.937. The van der Waals surface area contributed by atoms with E-state index in [4.69, 9.17) is 11.6 Å². The molecule has 0 atom stereocenters. The molecule has 0 aliphatic rings. The van der Waals surface area contributed by atoms with E-state index in [0.717, 1.165) is 11.1 Å². The first-order chi connectivity index (χ1) is 12.2. The second-order valence-corrected chi connectivity index (χ2v) is 5.94. The first-order valence-electron chi connectivity index (χ1n) is 7.66. The van der Waals surface area contributed by atoms with Gasteiger partial charge in [0.25, 0.3) is 0 Å². The van der Waals surface area contributed by atoms with E-state index in [2.05, 4.69) is 20.6 Å². The fourth-order valence-electron chi connectivity index (χ4n) is 2.50. The summed E-state index contributed by atoms with van der Waals surface area (Å²) in [6, 6.07) is 17.4. The average molecular weight is 354 g/mol. The van der Waals surface area contributed by atoms with Gasteiger partial charge in [0.1, 0.15) is 11.6 Å². The lowest BCUT2D eigenvalue weighted by Crippen LogP contribution is -2.04. The molecule has 0 aliphatic heterocycles. The highest BCUT2D eigenvalue weighted by Gasteiger charge is 2.10. The molecule has 0 amide bonds. The summed E-state index contributed by atoms with van der Waals surface area (Å²) in [7, 11) is 0. The molecule has 2 aromatic carbocycles. The summed E-state index contributed by atoms with van der Waals surface area (Å²) < 4.78 is 14.8. The molecular formula is C18H13ClFN5. The maximum absolute atomic E-state index is 13.1. The number of benzene rings is 2. The SMILES string of the molecule is Fc1ccc(-c2nnc3ccc(NCc4cccc(Cl)c4)nn23)cc1. The van der Waals surface area contributed by atoms with Gasteiger partial charge in [-0.15, -0.1) is 15.3 Å². The molecule has 0 unspecified atom stereocenters. The lowest BCUT2D eigenvalue weighted by atomic mass is 10.2. The van der Waals surface area contributed by atoms with Crippen LogP contribution >= 0.6 is 11.6 Å². The van der Waals surface area contributed by atoms with Crippen LogP contribution in [0, 0.1) is 5.82 Å². The van der Waals surface area contributed by atoms with E-state index in [-0.39, 0.29) is 5.82 Å². The van der Waals surface area contributed by atoms with Gasteiger partial charge in [0.05, 0.1) is 0 Å². The van der Waals surface area contributed by atoms with Gasteiger partial charge >= 0.3 is 0 Å². The van der Waals surface area contributed by atoms with E-state index in [1.807, 2.05) is 36.4 Å². The average Bonchev–Trinajstić information content (AvgIpc) is 3.04. The topological polar surface area (TPSA) is 55.1 Å². The van der Waals surface area contributed by atoms with E-state index < -0.39 is 0 Å². The molecule has 1 N–H and O–H groups in total. The number of hydrogen-bond donors (Lipinski definition) is 1. The second-order valence-electron chi connectivity index (χ2n) is 5.50. The summed E-state index contributed by atoms with van der Waals surface area (Å²) in [6.45, 7) is 0.590. The summed E-state index contributed by atoms with van der Waals surface area (Å²) in [5, 5.41) is 16.7. The van der Waals surface area contributed by atoms with Crippen molar-refractivity contribution in [3.8, 4) is 11.4 Å². The molecule has 0 aliphatic carbocycles. The minimum absolute atomic E-state index is 0.297. The smallest absolute Gasteiger partial charge is 0.185 e. The lowest BCUT2D eigenvalue weighted by Gasteiger charge is -2.07. The summed E-state index contributed by atoms with van der Waals surface area (Å²) in [4.78, 5) is 0. The van der Waals surface area contributed by atoms with Crippen LogP contribution in [0.5, 0.6) is 0 Å². The Morgan fingerprint density at radius 1 is 1.00 bits per heavy atom. The predicted octanol–water partition coefficient (Wildman–Crippen LogP) is 4.20. The van der Waals surface area contributed by atoms with E-state index in [1.54, 1.807) is 16.6 Å². The number of anilines is 1. The van der Waals surface area contributed by atoms with Crippen LogP contribution in [0.15, 0.2) is 60.7 Å². The Hall–Kier alpha value is -2.99. The number of nitrogens with one attached hydrogen (secondary N) is 1. The van der Waals surface area contributed by atoms with Gasteiger partial charge in [-0.05, 0) is 54.1 Å². The van der Waals surface area contributed by atoms with Crippen LogP contribution in [-0.2, 0) is 6.54 Å². The standard InChI is InChI=1S/C18H13ClFN5/c19-14-3-1-2-12(10-14)11-21-16-8-9-17-22-23-18(25(17)24-16)13-4-6-15(20)7-5-13/h1-10H,11H2,(H,21,24). The first kappa shape index (κ1) is 15.5. The minimum Gasteiger partial charge on any atom is -0.365 e. The van der Waals surface area contributed by atoms with Gasteiger partial charge in [-0.2, -0.15) is 4.52 Å². The molecule has 25 heavy (non-hydrogen) atoms. The van der Waals surface area contributed by atoms with Gasteiger partial charge < -0.3 is 5.32 Å². The summed E-state index contributed by atoms with van der Waals surface area (Å²) in [6.07, 6.45) is 0. The largest absolute Gasteiger partial charge is 0.365 e. The predicted molar refractivity (Wildman–Crippen MR) is 95.0 cm³/mol. The Bertz CT molecular complexity index is 1030. The Morgan fingerprint density at radius 2 is 1.84 bits per heavy atom. The molecule has 5 nitrogen and oxygen atoms in total. The maximum atomic E-state index is 13.1. The lowest BCUT2D eigenvalue weighted by molar-refractivity contribution is 0.628. The zero-order valence-corrected chi connectivity index (χ0v) is 13.8. The number of nitrogens with zero attached hydrogens (tertiary/aromatic N) is 4. The molecule has 0 bridgehead atoms. The van der Waals surface area contributed by atoms with Crippen molar-refractivity contribution in [1.29, 1.82) is 0 Å². The second kappa shape index (κ2) is 6.49. The fraction of sp³-hybridized carbons (Fsp3) is 0.0556. The monoisotopic (exact) mass is 353 g/mol. The van der Waals surface area contributed by atoms with Crippen molar-refractivity contribution in [1.82, 2.24) is 19.8 Å². The van der Waals surface area contributed by atoms with Gasteiger partial charge in [-0.1, -0.05) is 23.7 Å². The first-order valence-corrected chi connectivity index (χ1v) is 8.03. The Kier molecular flexibility index (Phi) is 4.03. The van der Waals surface area contributed by atoms with E-state index in [1.165, 1.54) is 12.1 Å². The van der Waals surface area contributed by atoms with Crippen LogP contribution < -0.4 is 5.32 Å². The van der Waals surface area contributed by atoms with Gasteiger partial charge in [-0.25, -0.2) is 4.39 Å². The molecule has 4 rings (SSSR count). The van der Waals surface area contributed by atoms with E-state index in [9.17, 15) is 4.39 Å². The van der Waals surface area contributed by atoms with Crippen LogP contribution in [0.4, 0.5) is 10.2 Å². The zero-order chi connectivity index (χ0) is 17.2. The molecular weight excluding hydrogens is 341 g/mol. The summed E-state index contributed by atoms with van der Waals surface area (Å²) >= 11 is 6.00. The van der Waals surface area contributed by atoms with E-state index in [0.29, 0.717) is 28.9 Å². The van der Waals surface area contributed by atoms with Crippen molar-refractivity contribution in [2.24, 2.45) is 0 Å². The van der Waals surface area contributed by atoms with Crippen molar-refractivity contribution in [3.63, 3.8) is 0 Å². The van der Waals surface area contributed by atoms with Crippen molar-refractivity contribution in [2.45, 2.75) is 6.54 Å². The molecule has 0 radical (unpaired) electrons. The van der Waals surface area contributed by atoms with Crippen molar-refractivity contribution >= 4 is 23.1 Å². The van der Waals surface area contributed by atoms with Crippen LogP contribution in [0.25, 0.3) is 17.0 Å². The van der Waals surface area contributed by atoms with Gasteiger partial charge in [0.15, 0.2) is 11.5 Å².